The maximum Gasteiger partial charge on any atom is 0.191 e. The fourth-order valence-electron chi connectivity index (χ4n) is 4.40. The van der Waals surface area contributed by atoms with Crippen molar-refractivity contribution in [3.05, 3.63) is 17.0 Å². The SMILES string of the molecule is CN=C(NCc1c(C)nn(C)c1C)NC1C2CCCOC2C1(C)C.I. The normalized spacial score (nSPS) is 27.8. The molecule has 2 aliphatic rings. The molecule has 25 heavy (non-hydrogen) atoms. The number of aryl methyl sites for hydroxylation is 2. The van der Waals surface area contributed by atoms with Crippen molar-refractivity contribution >= 4 is 29.9 Å². The van der Waals surface area contributed by atoms with Gasteiger partial charge in [0.05, 0.1) is 11.8 Å². The van der Waals surface area contributed by atoms with Gasteiger partial charge in [0.15, 0.2) is 5.96 Å². The lowest BCUT2D eigenvalue weighted by Crippen LogP contribution is -2.71. The van der Waals surface area contributed by atoms with E-state index in [2.05, 4.69) is 48.4 Å². The summed E-state index contributed by atoms with van der Waals surface area (Å²) >= 11 is 0. The Morgan fingerprint density at radius 1 is 1.40 bits per heavy atom. The van der Waals surface area contributed by atoms with Gasteiger partial charge in [0, 0.05) is 55.9 Å². The van der Waals surface area contributed by atoms with E-state index in [1.54, 1.807) is 0 Å². The lowest BCUT2D eigenvalue weighted by Gasteiger charge is -2.60. The summed E-state index contributed by atoms with van der Waals surface area (Å²) in [4.78, 5) is 4.42. The van der Waals surface area contributed by atoms with Crippen molar-refractivity contribution in [3.8, 4) is 0 Å². The summed E-state index contributed by atoms with van der Waals surface area (Å²) in [6.45, 7) is 10.4. The molecule has 2 heterocycles. The zero-order chi connectivity index (χ0) is 17.5. The van der Waals surface area contributed by atoms with E-state index in [1.165, 1.54) is 17.7 Å². The second kappa shape index (κ2) is 7.82. The van der Waals surface area contributed by atoms with E-state index >= 15 is 0 Å². The fraction of sp³-hybridized carbons (Fsp3) is 0.778. The van der Waals surface area contributed by atoms with E-state index in [9.17, 15) is 0 Å². The standard InChI is InChI=1S/C18H31N5O.HI/c1-11-14(12(2)23(6)22-11)10-20-17(19-5)21-15-13-8-7-9-24-16(13)18(15,3)4;/h13,15-16H,7-10H2,1-6H3,(H2,19,20,21);1H. The van der Waals surface area contributed by atoms with Crippen LogP contribution in [0.15, 0.2) is 4.99 Å². The smallest absolute Gasteiger partial charge is 0.191 e. The average Bonchev–Trinajstić information content (AvgIpc) is 2.80. The quantitative estimate of drug-likeness (QED) is 0.413. The van der Waals surface area contributed by atoms with Crippen LogP contribution in [0, 0.1) is 25.2 Å². The van der Waals surface area contributed by atoms with Crippen LogP contribution in [0.25, 0.3) is 0 Å². The van der Waals surface area contributed by atoms with Crippen molar-refractivity contribution in [1.82, 2.24) is 20.4 Å². The maximum atomic E-state index is 5.99. The Bertz CT molecular complexity index is 640. The molecule has 142 valence electrons. The highest BCUT2D eigenvalue weighted by molar-refractivity contribution is 14.0. The highest BCUT2D eigenvalue weighted by Crippen LogP contribution is 2.51. The summed E-state index contributed by atoms with van der Waals surface area (Å²) in [5, 5.41) is 11.6. The third-order valence-electron chi connectivity index (χ3n) is 5.94. The Morgan fingerprint density at radius 2 is 2.12 bits per heavy atom. The van der Waals surface area contributed by atoms with Crippen LogP contribution in [0.1, 0.15) is 43.6 Å². The van der Waals surface area contributed by atoms with Gasteiger partial charge in [-0.1, -0.05) is 13.8 Å². The maximum absolute atomic E-state index is 5.99. The monoisotopic (exact) mass is 461 g/mol. The number of aliphatic imine (C=N–C) groups is 1. The van der Waals surface area contributed by atoms with Crippen LogP contribution in [0.5, 0.6) is 0 Å². The van der Waals surface area contributed by atoms with Gasteiger partial charge in [0.25, 0.3) is 0 Å². The van der Waals surface area contributed by atoms with Crippen LogP contribution >= 0.6 is 24.0 Å². The Kier molecular flexibility index (Phi) is 6.40. The number of halogens is 1. The van der Waals surface area contributed by atoms with E-state index in [1.807, 2.05) is 18.8 Å². The minimum Gasteiger partial charge on any atom is -0.377 e. The highest BCUT2D eigenvalue weighted by atomic mass is 127. The molecule has 0 amide bonds. The molecule has 0 bridgehead atoms. The molecule has 3 unspecified atom stereocenters. The number of nitrogens with one attached hydrogen (secondary N) is 2. The van der Waals surface area contributed by atoms with Crippen LogP contribution < -0.4 is 10.6 Å². The number of hydrogen-bond donors (Lipinski definition) is 2. The number of fused-ring (bicyclic) bond motifs is 1. The molecular formula is C18H32IN5O. The van der Waals surface area contributed by atoms with E-state index in [-0.39, 0.29) is 29.4 Å². The number of aromatic nitrogens is 2. The Balaban J connectivity index is 0.00000225. The lowest BCUT2D eigenvalue weighted by atomic mass is 9.55. The first kappa shape index (κ1) is 20.5. The molecule has 7 heteroatoms. The molecule has 3 atom stereocenters. The molecule has 0 spiro atoms. The van der Waals surface area contributed by atoms with E-state index in [4.69, 9.17) is 4.74 Å². The van der Waals surface area contributed by atoms with Gasteiger partial charge < -0.3 is 15.4 Å². The molecule has 2 fully saturated rings. The molecule has 1 aromatic heterocycles. The summed E-state index contributed by atoms with van der Waals surface area (Å²) < 4.78 is 7.92. The molecule has 0 radical (unpaired) electrons. The largest absolute Gasteiger partial charge is 0.377 e. The number of guanidine groups is 1. The molecule has 2 N–H and O–H groups in total. The third kappa shape index (κ3) is 3.67. The Hall–Kier alpha value is -0.830. The van der Waals surface area contributed by atoms with Crippen molar-refractivity contribution < 1.29 is 4.74 Å². The minimum atomic E-state index is 0. The van der Waals surface area contributed by atoms with Gasteiger partial charge in [-0.15, -0.1) is 24.0 Å². The average molecular weight is 461 g/mol. The molecule has 0 aromatic carbocycles. The summed E-state index contributed by atoms with van der Waals surface area (Å²) in [7, 11) is 3.82. The molecule has 6 nitrogen and oxygen atoms in total. The zero-order valence-electron chi connectivity index (χ0n) is 16.2. The first-order valence-electron chi connectivity index (χ1n) is 8.94. The van der Waals surface area contributed by atoms with Crippen LogP contribution in [-0.4, -0.2) is 41.5 Å². The van der Waals surface area contributed by atoms with Gasteiger partial charge >= 0.3 is 0 Å². The van der Waals surface area contributed by atoms with Crippen molar-refractivity contribution in [2.24, 2.45) is 23.4 Å². The topological polar surface area (TPSA) is 63.5 Å². The van der Waals surface area contributed by atoms with Crippen molar-refractivity contribution in [2.75, 3.05) is 13.7 Å². The number of ether oxygens (including phenoxy) is 1. The summed E-state index contributed by atoms with van der Waals surface area (Å²) in [5.74, 6) is 1.45. The third-order valence-corrected chi connectivity index (χ3v) is 5.94. The van der Waals surface area contributed by atoms with Gasteiger partial charge in [-0.05, 0) is 26.7 Å². The second-order valence-electron chi connectivity index (χ2n) is 7.74. The van der Waals surface area contributed by atoms with Gasteiger partial charge in [-0.25, -0.2) is 0 Å². The van der Waals surface area contributed by atoms with Crippen LogP contribution in [0.4, 0.5) is 0 Å². The van der Waals surface area contributed by atoms with Crippen molar-refractivity contribution in [2.45, 2.75) is 59.2 Å². The number of rotatable bonds is 3. The molecule has 3 rings (SSSR count). The number of nitrogens with zero attached hydrogens (tertiary/aromatic N) is 3. The second-order valence-corrected chi connectivity index (χ2v) is 7.74. The van der Waals surface area contributed by atoms with E-state index < -0.39 is 0 Å². The first-order chi connectivity index (χ1) is 11.4. The summed E-state index contributed by atoms with van der Waals surface area (Å²) in [5.41, 5.74) is 3.65. The van der Waals surface area contributed by atoms with Crippen LogP contribution in [0.3, 0.4) is 0 Å². The van der Waals surface area contributed by atoms with E-state index in [0.29, 0.717) is 18.1 Å². The Labute approximate surface area is 168 Å². The van der Waals surface area contributed by atoms with Gasteiger partial charge in [-0.3, -0.25) is 9.67 Å². The van der Waals surface area contributed by atoms with Crippen molar-refractivity contribution in [1.29, 1.82) is 0 Å². The lowest BCUT2D eigenvalue weighted by molar-refractivity contribution is -0.188. The predicted octanol–water partition coefficient (Wildman–Crippen LogP) is 2.52. The zero-order valence-corrected chi connectivity index (χ0v) is 18.5. The molecule has 1 aliphatic carbocycles. The van der Waals surface area contributed by atoms with E-state index in [0.717, 1.165) is 31.2 Å². The molecular weight excluding hydrogens is 429 g/mol. The molecule has 1 aliphatic heterocycles. The van der Waals surface area contributed by atoms with Crippen LogP contribution in [0.2, 0.25) is 0 Å². The fourth-order valence-corrected chi connectivity index (χ4v) is 4.40. The molecule has 1 aromatic rings. The summed E-state index contributed by atoms with van der Waals surface area (Å²) in [6, 6.07) is 0.407. The van der Waals surface area contributed by atoms with Gasteiger partial charge in [0.1, 0.15) is 0 Å². The van der Waals surface area contributed by atoms with Crippen molar-refractivity contribution in [3.63, 3.8) is 0 Å². The Morgan fingerprint density at radius 3 is 2.72 bits per heavy atom. The first-order valence-corrected chi connectivity index (χ1v) is 8.94. The van der Waals surface area contributed by atoms with Gasteiger partial charge in [0.2, 0.25) is 0 Å². The molecule has 1 saturated carbocycles. The van der Waals surface area contributed by atoms with Gasteiger partial charge in [-0.2, -0.15) is 5.10 Å². The summed E-state index contributed by atoms with van der Waals surface area (Å²) in [6.07, 6.45) is 2.78. The highest BCUT2D eigenvalue weighted by Gasteiger charge is 2.58. The number of hydrogen-bond acceptors (Lipinski definition) is 3. The predicted molar refractivity (Wildman–Crippen MR) is 111 cm³/mol. The molecule has 1 saturated heterocycles. The minimum absolute atomic E-state index is 0. The van der Waals surface area contributed by atoms with Crippen LogP contribution in [-0.2, 0) is 18.3 Å².